The molecule has 2 heterocycles. The second kappa shape index (κ2) is 6.01. The lowest BCUT2D eigenvalue weighted by molar-refractivity contribution is -0.141. The Kier molecular flexibility index (Phi) is 4.68. The molecule has 1 spiro atoms. The first-order chi connectivity index (χ1) is 9.47. The maximum atomic E-state index is 12.4. The lowest BCUT2D eigenvalue weighted by Gasteiger charge is -2.49. The Hall–Kier alpha value is -1.01. The van der Waals surface area contributed by atoms with Gasteiger partial charge < -0.3 is 10.1 Å². The summed E-state index contributed by atoms with van der Waals surface area (Å²) >= 11 is 0. The Morgan fingerprint density at radius 1 is 1.29 bits per heavy atom. The number of nitrogens with one attached hydrogen (secondary N) is 1. The van der Waals surface area contributed by atoms with E-state index in [0.717, 1.165) is 38.2 Å². The van der Waals surface area contributed by atoms with E-state index in [4.69, 9.17) is 4.74 Å². The van der Waals surface area contributed by atoms with Gasteiger partial charge in [0.05, 0.1) is 12.3 Å². The van der Waals surface area contributed by atoms with Gasteiger partial charge in [0.2, 0.25) is 0 Å². The number of pyridine rings is 1. The van der Waals surface area contributed by atoms with E-state index in [1.54, 1.807) is 0 Å². The molecule has 0 unspecified atom stereocenters. The molecule has 7 heteroatoms. The maximum Gasteiger partial charge on any atom is 0.433 e. The van der Waals surface area contributed by atoms with Crippen molar-refractivity contribution in [3.63, 3.8) is 0 Å². The summed E-state index contributed by atoms with van der Waals surface area (Å²) in [6.07, 6.45) is 1.22. The van der Waals surface area contributed by atoms with Crippen LogP contribution in [-0.4, -0.2) is 24.2 Å². The number of ether oxygens (including phenoxy) is 1. The highest BCUT2D eigenvalue weighted by Gasteiger charge is 2.46. The van der Waals surface area contributed by atoms with Crippen LogP contribution in [0.3, 0.4) is 0 Å². The Bertz CT molecular complexity index is 464. The highest BCUT2D eigenvalue weighted by molar-refractivity contribution is 5.85. The van der Waals surface area contributed by atoms with Gasteiger partial charge >= 0.3 is 6.18 Å². The Balaban J connectivity index is 0.00000161. The highest BCUT2D eigenvalue weighted by Crippen LogP contribution is 2.47. The fourth-order valence-corrected chi connectivity index (χ4v) is 3.18. The summed E-state index contributed by atoms with van der Waals surface area (Å²) in [6.45, 7) is 2.11. The molecule has 1 aromatic rings. The van der Waals surface area contributed by atoms with Gasteiger partial charge in [-0.25, -0.2) is 4.98 Å². The molecule has 0 bridgehead atoms. The van der Waals surface area contributed by atoms with Crippen molar-refractivity contribution in [1.29, 1.82) is 0 Å². The first kappa shape index (κ1) is 16.4. The second-order valence-corrected chi connectivity index (χ2v) is 5.81. The van der Waals surface area contributed by atoms with Crippen molar-refractivity contribution in [2.75, 3.05) is 13.1 Å². The van der Waals surface area contributed by atoms with Gasteiger partial charge in [0.1, 0.15) is 11.4 Å². The summed E-state index contributed by atoms with van der Waals surface area (Å²) in [5.41, 5.74) is -0.533. The lowest BCUT2D eigenvalue weighted by atomic mass is 9.63. The molecule has 1 aliphatic carbocycles. The third kappa shape index (κ3) is 3.61. The largest absolute Gasteiger partial charge is 0.489 e. The van der Waals surface area contributed by atoms with Gasteiger partial charge in [0, 0.05) is 6.54 Å². The van der Waals surface area contributed by atoms with Gasteiger partial charge in [-0.15, -0.1) is 12.4 Å². The molecule has 0 amide bonds. The van der Waals surface area contributed by atoms with Crippen molar-refractivity contribution in [2.24, 2.45) is 5.41 Å². The average molecular weight is 323 g/mol. The smallest absolute Gasteiger partial charge is 0.433 e. The van der Waals surface area contributed by atoms with Crippen LogP contribution in [0, 0.1) is 5.41 Å². The van der Waals surface area contributed by atoms with Gasteiger partial charge in [-0.3, -0.25) is 0 Å². The third-order valence-corrected chi connectivity index (χ3v) is 4.21. The number of halogens is 4. The molecule has 0 aromatic carbocycles. The average Bonchev–Trinajstić information content (AvgIpc) is 2.38. The van der Waals surface area contributed by atoms with E-state index in [2.05, 4.69) is 10.3 Å². The summed E-state index contributed by atoms with van der Waals surface area (Å²) < 4.78 is 42.9. The molecule has 2 aliphatic rings. The van der Waals surface area contributed by atoms with Crippen molar-refractivity contribution in [2.45, 2.75) is 38.0 Å². The molecule has 118 valence electrons. The summed E-state index contributed by atoms with van der Waals surface area (Å²) in [4.78, 5) is 3.40. The van der Waals surface area contributed by atoms with Crippen molar-refractivity contribution >= 4 is 12.4 Å². The maximum absolute atomic E-state index is 12.4. The normalized spacial score (nSPS) is 28.6. The fourth-order valence-electron chi connectivity index (χ4n) is 3.18. The van der Waals surface area contributed by atoms with E-state index in [9.17, 15) is 13.2 Å². The van der Waals surface area contributed by atoms with Crippen LogP contribution in [0.15, 0.2) is 18.3 Å². The van der Waals surface area contributed by atoms with Gasteiger partial charge in [0.15, 0.2) is 0 Å². The van der Waals surface area contributed by atoms with Crippen molar-refractivity contribution in [1.82, 2.24) is 10.3 Å². The molecule has 2 fully saturated rings. The van der Waals surface area contributed by atoms with Crippen LogP contribution in [0.2, 0.25) is 0 Å². The molecule has 21 heavy (non-hydrogen) atoms. The minimum absolute atomic E-state index is 0. The number of hydrogen-bond donors (Lipinski definition) is 1. The molecular formula is C14H18ClF3N2O. The Morgan fingerprint density at radius 2 is 2.05 bits per heavy atom. The topological polar surface area (TPSA) is 34.1 Å². The summed E-state index contributed by atoms with van der Waals surface area (Å²) in [5, 5.41) is 3.39. The molecule has 3 nitrogen and oxygen atoms in total. The first-order valence-electron chi connectivity index (χ1n) is 6.88. The predicted octanol–water partition coefficient (Wildman–Crippen LogP) is 3.43. The van der Waals surface area contributed by atoms with E-state index in [1.807, 2.05) is 0 Å². The highest BCUT2D eigenvalue weighted by atomic mass is 35.5. The zero-order valence-corrected chi connectivity index (χ0v) is 12.3. The third-order valence-electron chi connectivity index (χ3n) is 4.21. The van der Waals surface area contributed by atoms with E-state index >= 15 is 0 Å². The molecule has 1 N–H and O–H groups in total. The zero-order chi connectivity index (χ0) is 14.2. The SMILES string of the molecule is Cl.FC(F)(F)c1ccc(OC2CC3(CCCNC3)C2)cn1. The van der Waals surface area contributed by atoms with Gasteiger partial charge in [-0.05, 0) is 49.8 Å². The fraction of sp³-hybridized carbons (Fsp3) is 0.643. The zero-order valence-electron chi connectivity index (χ0n) is 11.4. The molecule has 1 saturated carbocycles. The molecule has 1 saturated heterocycles. The predicted molar refractivity (Wildman–Crippen MR) is 74.7 cm³/mol. The van der Waals surface area contributed by atoms with Crippen LogP contribution in [-0.2, 0) is 6.18 Å². The van der Waals surface area contributed by atoms with Crippen LogP contribution in [0.1, 0.15) is 31.4 Å². The number of piperidine rings is 1. The molecule has 1 aromatic heterocycles. The van der Waals surface area contributed by atoms with E-state index in [1.165, 1.54) is 18.9 Å². The molecule has 0 radical (unpaired) electrons. The number of hydrogen-bond acceptors (Lipinski definition) is 3. The molecular weight excluding hydrogens is 305 g/mol. The van der Waals surface area contributed by atoms with Gasteiger partial charge in [0.25, 0.3) is 0 Å². The quantitative estimate of drug-likeness (QED) is 0.905. The van der Waals surface area contributed by atoms with Crippen molar-refractivity contribution < 1.29 is 17.9 Å². The second-order valence-electron chi connectivity index (χ2n) is 5.81. The molecule has 3 rings (SSSR count). The van der Waals surface area contributed by atoms with Crippen molar-refractivity contribution in [3.05, 3.63) is 24.0 Å². The molecule has 1 aliphatic heterocycles. The van der Waals surface area contributed by atoms with E-state index in [0.29, 0.717) is 11.2 Å². The van der Waals surface area contributed by atoms with Crippen LogP contribution in [0.5, 0.6) is 5.75 Å². The van der Waals surface area contributed by atoms with E-state index < -0.39 is 11.9 Å². The Labute approximate surface area is 127 Å². The van der Waals surface area contributed by atoms with Crippen LogP contribution in [0.25, 0.3) is 0 Å². The van der Waals surface area contributed by atoms with Crippen molar-refractivity contribution in [3.8, 4) is 5.75 Å². The van der Waals surface area contributed by atoms with Crippen LogP contribution < -0.4 is 10.1 Å². The summed E-state index contributed by atoms with van der Waals surface area (Å²) in [5.74, 6) is 0.418. The first-order valence-corrected chi connectivity index (χ1v) is 6.88. The summed E-state index contributed by atoms with van der Waals surface area (Å²) in [6, 6.07) is 2.31. The Morgan fingerprint density at radius 3 is 2.57 bits per heavy atom. The van der Waals surface area contributed by atoms with Crippen LogP contribution in [0.4, 0.5) is 13.2 Å². The molecule has 0 atom stereocenters. The lowest BCUT2D eigenvalue weighted by Crippen LogP contribution is -2.52. The minimum atomic E-state index is -4.40. The number of rotatable bonds is 2. The number of nitrogens with zero attached hydrogens (tertiary/aromatic N) is 1. The van der Waals surface area contributed by atoms with Gasteiger partial charge in [-0.2, -0.15) is 13.2 Å². The van der Waals surface area contributed by atoms with Crippen LogP contribution >= 0.6 is 12.4 Å². The standard InChI is InChI=1S/C14H17F3N2O.ClH/c15-14(16,17)12-3-2-10(8-19-12)20-11-6-13(7-11)4-1-5-18-9-13;/h2-3,8,11,18H,1,4-7,9H2;1H. The summed E-state index contributed by atoms with van der Waals surface area (Å²) in [7, 11) is 0. The number of alkyl halides is 3. The van der Waals surface area contributed by atoms with Gasteiger partial charge in [-0.1, -0.05) is 0 Å². The monoisotopic (exact) mass is 322 g/mol. The minimum Gasteiger partial charge on any atom is -0.489 e. The van der Waals surface area contributed by atoms with E-state index in [-0.39, 0.29) is 18.5 Å². The number of aromatic nitrogens is 1.